The summed E-state index contributed by atoms with van der Waals surface area (Å²) in [5, 5.41) is 10.8. The van der Waals surface area contributed by atoms with Gasteiger partial charge >= 0.3 is 5.16 Å². The molecule has 1 fully saturated rings. The van der Waals surface area contributed by atoms with Crippen LogP contribution < -0.4 is 0 Å². The molecule has 0 radical (unpaired) electrons. The van der Waals surface area contributed by atoms with Gasteiger partial charge in [-0.3, -0.25) is 10.1 Å². The summed E-state index contributed by atoms with van der Waals surface area (Å²) in [6.07, 6.45) is 1.67. The summed E-state index contributed by atoms with van der Waals surface area (Å²) in [4.78, 5) is 16.8. The number of hydrogen-bond acceptors (Lipinski definition) is 6. The lowest BCUT2D eigenvalue weighted by Gasteiger charge is -2.16. The van der Waals surface area contributed by atoms with E-state index in [0.717, 1.165) is 17.2 Å². The topological polar surface area (TPSA) is 59.3 Å². The first-order chi connectivity index (χ1) is 8.08. The Kier molecular flexibility index (Phi) is 4.13. The number of thioether (sulfide) groups is 1. The maximum atomic E-state index is 10.6. The molecule has 0 aromatic carbocycles. The average molecular weight is 312 g/mol. The average Bonchev–Trinajstić information content (AvgIpc) is 2.87. The van der Waals surface area contributed by atoms with Gasteiger partial charge in [0, 0.05) is 23.4 Å². The molecule has 0 atom stereocenters. The summed E-state index contributed by atoms with van der Waals surface area (Å²) in [6, 6.07) is 0. The van der Waals surface area contributed by atoms with Crippen LogP contribution in [0.3, 0.4) is 0 Å². The van der Waals surface area contributed by atoms with Crippen molar-refractivity contribution in [3.05, 3.63) is 35.8 Å². The van der Waals surface area contributed by atoms with Crippen molar-refractivity contribution in [3.8, 4) is 0 Å². The van der Waals surface area contributed by atoms with Crippen molar-refractivity contribution >= 4 is 46.3 Å². The van der Waals surface area contributed by atoms with E-state index in [2.05, 4.69) is 4.98 Å². The second-order valence-corrected chi connectivity index (χ2v) is 6.34. The molecule has 1 saturated heterocycles. The molecule has 17 heavy (non-hydrogen) atoms. The van der Waals surface area contributed by atoms with Crippen molar-refractivity contribution in [2.24, 2.45) is 0 Å². The van der Waals surface area contributed by atoms with Gasteiger partial charge in [0.25, 0.3) is 0 Å². The van der Waals surface area contributed by atoms with E-state index in [-0.39, 0.29) is 5.16 Å². The van der Waals surface area contributed by atoms with Crippen LogP contribution in [0.15, 0.2) is 16.4 Å². The van der Waals surface area contributed by atoms with Gasteiger partial charge in [-0.15, -0.1) is 11.3 Å². The lowest BCUT2D eigenvalue weighted by Crippen LogP contribution is -2.18. The van der Waals surface area contributed by atoms with E-state index in [1.54, 1.807) is 6.20 Å². The Balaban J connectivity index is 2.16. The smallest absolute Gasteiger partial charge is 0.354 e. The quantitative estimate of drug-likeness (QED) is 0.488. The summed E-state index contributed by atoms with van der Waals surface area (Å²) in [5.41, 5.74) is 0. The Morgan fingerprint density at radius 3 is 3.06 bits per heavy atom. The number of thiazole rings is 1. The normalized spacial score (nSPS) is 18.6. The van der Waals surface area contributed by atoms with Gasteiger partial charge in [-0.25, -0.2) is 4.98 Å². The van der Waals surface area contributed by atoms with E-state index in [0.29, 0.717) is 16.0 Å². The van der Waals surface area contributed by atoms with Crippen LogP contribution in [0.2, 0.25) is 4.47 Å². The molecule has 1 aromatic rings. The van der Waals surface area contributed by atoms with Crippen LogP contribution in [0.5, 0.6) is 0 Å². The molecule has 0 unspecified atom stereocenters. The first kappa shape index (κ1) is 12.9. The zero-order valence-corrected chi connectivity index (χ0v) is 11.6. The van der Waals surface area contributed by atoms with E-state index >= 15 is 0 Å². The zero-order chi connectivity index (χ0) is 12.4. The molecule has 0 amide bonds. The van der Waals surface area contributed by atoms with Gasteiger partial charge in [0.2, 0.25) is 0 Å². The van der Waals surface area contributed by atoms with Gasteiger partial charge in [-0.1, -0.05) is 23.4 Å². The lowest BCUT2D eigenvalue weighted by molar-refractivity contribution is -0.413. The largest absolute Gasteiger partial charge is 0.367 e. The predicted octanol–water partition coefficient (Wildman–Crippen LogP) is 2.99. The standard InChI is InChI=1S/C8H7Cl2N3O2S2/c9-6(13(14)15)7-12(1-2-16-7)4-5-3-11-8(10)17-5/h3H,1-2,4H2. The second-order valence-electron chi connectivity index (χ2n) is 3.20. The van der Waals surface area contributed by atoms with Crippen LogP contribution >= 0.6 is 46.3 Å². The number of aromatic nitrogens is 1. The minimum Gasteiger partial charge on any atom is -0.354 e. The first-order valence-electron chi connectivity index (χ1n) is 4.60. The molecule has 1 aromatic heterocycles. The maximum Gasteiger partial charge on any atom is 0.367 e. The van der Waals surface area contributed by atoms with Crippen LogP contribution in [0.4, 0.5) is 0 Å². The van der Waals surface area contributed by atoms with Crippen LogP contribution in [-0.4, -0.2) is 27.1 Å². The van der Waals surface area contributed by atoms with E-state index in [1.807, 2.05) is 4.90 Å². The number of nitrogens with zero attached hydrogens (tertiary/aromatic N) is 3. The van der Waals surface area contributed by atoms with Crippen molar-refractivity contribution in [3.63, 3.8) is 0 Å². The molecule has 0 saturated carbocycles. The highest BCUT2D eigenvalue weighted by atomic mass is 35.5. The molecule has 0 bridgehead atoms. The van der Waals surface area contributed by atoms with Gasteiger partial charge in [0.1, 0.15) is 0 Å². The van der Waals surface area contributed by atoms with Crippen LogP contribution in [-0.2, 0) is 6.54 Å². The minimum atomic E-state index is -0.568. The molecular formula is C8H7Cl2N3O2S2. The van der Waals surface area contributed by atoms with Gasteiger partial charge in [0.15, 0.2) is 9.50 Å². The molecule has 2 rings (SSSR count). The fraction of sp³-hybridized carbons (Fsp3) is 0.375. The van der Waals surface area contributed by atoms with Crippen molar-refractivity contribution in [1.82, 2.24) is 9.88 Å². The molecule has 2 heterocycles. The van der Waals surface area contributed by atoms with Gasteiger partial charge in [-0.05, 0) is 11.6 Å². The summed E-state index contributed by atoms with van der Waals surface area (Å²) in [5.74, 6) is 0.798. The molecule has 0 spiro atoms. The fourth-order valence-electron chi connectivity index (χ4n) is 1.41. The number of halogens is 2. The molecule has 9 heteroatoms. The predicted molar refractivity (Wildman–Crippen MR) is 69.9 cm³/mol. The van der Waals surface area contributed by atoms with Crippen molar-refractivity contribution < 1.29 is 4.92 Å². The van der Waals surface area contributed by atoms with Crippen molar-refractivity contribution in [2.75, 3.05) is 12.3 Å². The highest BCUT2D eigenvalue weighted by Gasteiger charge is 2.27. The molecule has 92 valence electrons. The molecule has 1 aliphatic rings. The summed E-state index contributed by atoms with van der Waals surface area (Å²) in [6.45, 7) is 1.29. The number of nitro groups is 1. The third kappa shape index (κ3) is 3.04. The SMILES string of the molecule is O=[N+]([O-])C(Cl)=C1SCCN1Cc1cnc(Cl)s1. The fourth-order valence-corrected chi connectivity index (χ4v) is 3.72. The Bertz CT molecular complexity index is 477. The van der Waals surface area contributed by atoms with Crippen molar-refractivity contribution in [1.29, 1.82) is 0 Å². The highest BCUT2D eigenvalue weighted by Crippen LogP contribution is 2.34. The van der Waals surface area contributed by atoms with Crippen LogP contribution in [0.1, 0.15) is 4.88 Å². The number of rotatable bonds is 3. The summed E-state index contributed by atoms with van der Waals surface area (Å²) < 4.78 is 0.470. The highest BCUT2D eigenvalue weighted by molar-refractivity contribution is 8.03. The third-order valence-corrected chi connectivity index (χ3v) is 4.74. The molecule has 0 N–H and O–H groups in total. The van der Waals surface area contributed by atoms with Gasteiger partial charge in [-0.2, -0.15) is 0 Å². The number of hydrogen-bond donors (Lipinski definition) is 0. The maximum absolute atomic E-state index is 10.6. The molecular weight excluding hydrogens is 305 g/mol. The Morgan fingerprint density at radius 1 is 1.71 bits per heavy atom. The summed E-state index contributed by atoms with van der Waals surface area (Å²) >= 11 is 14.2. The molecule has 1 aliphatic heterocycles. The molecule has 5 nitrogen and oxygen atoms in total. The Morgan fingerprint density at radius 2 is 2.47 bits per heavy atom. The van der Waals surface area contributed by atoms with Crippen molar-refractivity contribution in [2.45, 2.75) is 6.54 Å². The van der Waals surface area contributed by atoms with Gasteiger partial charge < -0.3 is 4.90 Å². The summed E-state index contributed by atoms with van der Waals surface area (Å²) in [7, 11) is 0. The Hall–Kier alpha value is -0.500. The minimum absolute atomic E-state index is 0.317. The van der Waals surface area contributed by atoms with E-state index in [4.69, 9.17) is 23.2 Å². The van der Waals surface area contributed by atoms with E-state index < -0.39 is 4.92 Å². The monoisotopic (exact) mass is 311 g/mol. The third-order valence-electron chi connectivity index (χ3n) is 2.10. The van der Waals surface area contributed by atoms with E-state index in [1.165, 1.54) is 23.1 Å². The second kappa shape index (κ2) is 5.43. The molecule has 0 aliphatic carbocycles. The Labute approximate surface area is 116 Å². The van der Waals surface area contributed by atoms with Gasteiger partial charge in [0.05, 0.1) is 11.5 Å². The van der Waals surface area contributed by atoms with Crippen LogP contribution in [0, 0.1) is 10.1 Å². The lowest BCUT2D eigenvalue weighted by atomic mass is 10.4. The zero-order valence-electron chi connectivity index (χ0n) is 8.43. The van der Waals surface area contributed by atoms with E-state index in [9.17, 15) is 10.1 Å². The van der Waals surface area contributed by atoms with Crippen LogP contribution in [0.25, 0.3) is 0 Å². The first-order valence-corrected chi connectivity index (χ1v) is 7.16.